The summed E-state index contributed by atoms with van der Waals surface area (Å²) in [6, 6.07) is 8.23. The van der Waals surface area contributed by atoms with Crippen LogP contribution in [0.4, 0.5) is 0 Å². The summed E-state index contributed by atoms with van der Waals surface area (Å²) in [5.41, 5.74) is 3.86. The van der Waals surface area contributed by atoms with E-state index in [4.69, 9.17) is 9.90 Å². The lowest BCUT2D eigenvalue weighted by atomic mass is 9.97. The van der Waals surface area contributed by atoms with Gasteiger partial charge < -0.3 is 15.3 Å². The standard InChI is InChI=1S/C22H28N4O2.CH2O2/c1-3-22(28)26-9-8-19(15-26)10-17-4-6-18(7-5-17)11-21(27)25-14-20-13-23-16(2)12-24-20;2-1-3/h4-7,12-13,19H,3,8-11,14-15H2,1-2H3,(H,25,27);1H,(H,2,3). The lowest BCUT2D eigenvalue weighted by molar-refractivity contribution is -0.130. The Morgan fingerprint density at radius 2 is 1.87 bits per heavy atom. The Balaban J connectivity index is 0.00000107. The SMILES string of the molecule is CCC(=O)N1CCC(Cc2ccc(CC(=O)NCc3cnc(C)cn3)cc2)C1.O=CO. The minimum Gasteiger partial charge on any atom is -0.483 e. The fourth-order valence-electron chi connectivity index (χ4n) is 3.52. The van der Waals surface area contributed by atoms with Crippen LogP contribution in [0.5, 0.6) is 0 Å². The third-order valence-electron chi connectivity index (χ3n) is 5.15. The number of carbonyl (C=O) groups excluding carboxylic acids is 2. The van der Waals surface area contributed by atoms with E-state index in [-0.39, 0.29) is 18.3 Å². The molecule has 2 amide bonds. The lowest BCUT2D eigenvalue weighted by Crippen LogP contribution is -2.28. The third-order valence-corrected chi connectivity index (χ3v) is 5.15. The number of rotatable bonds is 7. The largest absolute Gasteiger partial charge is 0.483 e. The molecule has 8 nitrogen and oxygen atoms in total. The summed E-state index contributed by atoms with van der Waals surface area (Å²) in [6.07, 6.45) is 6.36. The molecule has 1 unspecified atom stereocenters. The number of nitrogens with one attached hydrogen (secondary N) is 1. The van der Waals surface area contributed by atoms with E-state index in [2.05, 4.69) is 27.4 Å². The summed E-state index contributed by atoms with van der Waals surface area (Å²) in [7, 11) is 0. The van der Waals surface area contributed by atoms with Gasteiger partial charge in [-0.15, -0.1) is 0 Å². The fraction of sp³-hybridized carbons (Fsp3) is 0.435. The molecule has 0 spiro atoms. The smallest absolute Gasteiger partial charge is 0.290 e. The van der Waals surface area contributed by atoms with Crippen LogP contribution >= 0.6 is 0 Å². The van der Waals surface area contributed by atoms with E-state index >= 15 is 0 Å². The summed E-state index contributed by atoms with van der Waals surface area (Å²) in [5.74, 6) is 0.750. The van der Waals surface area contributed by atoms with Crippen molar-refractivity contribution in [3.05, 3.63) is 59.2 Å². The van der Waals surface area contributed by atoms with Gasteiger partial charge in [-0.3, -0.25) is 24.4 Å². The number of benzene rings is 1. The van der Waals surface area contributed by atoms with Crippen molar-refractivity contribution in [2.45, 2.75) is 46.1 Å². The summed E-state index contributed by atoms with van der Waals surface area (Å²) in [5, 5.41) is 9.77. The van der Waals surface area contributed by atoms with Gasteiger partial charge in [-0.2, -0.15) is 0 Å². The quantitative estimate of drug-likeness (QED) is 0.656. The normalized spacial score (nSPS) is 15.0. The van der Waals surface area contributed by atoms with Gasteiger partial charge in [0.05, 0.1) is 30.6 Å². The Labute approximate surface area is 182 Å². The Hall–Kier alpha value is -3.29. The number of nitrogens with zero attached hydrogens (tertiary/aromatic N) is 3. The molecule has 2 heterocycles. The molecule has 2 aromatic rings. The average Bonchev–Trinajstić information content (AvgIpc) is 3.23. The summed E-state index contributed by atoms with van der Waals surface area (Å²) in [4.78, 5) is 42.7. The van der Waals surface area contributed by atoms with Crippen molar-refractivity contribution in [1.82, 2.24) is 20.2 Å². The summed E-state index contributed by atoms with van der Waals surface area (Å²) >= 11 is 0. The molecular weight excluding hydrogens is 396 g/mol. The topological polar surface area (TPSA) is 112 Å². The number of hydrogen-bond donors (Lipinski definition) is 2. The molecule has 8 heteroatoms. The Morgan fingerprint density at radius 1 is 1.19 bits per heavy atom. The van der Waals surface area contributed by atoms with Gasteiger partial charge in [0.15, 0.2) is 0 Å². The molecule has 31 heavy (non-hydrogen) atoms. The number of likely N-dealkylation sites (tertiary alicyclic amines) is 1. The zero-order valence-corrected chi connectivity index (χ0v) is 18.1. The first-order valence-corrected chi connectivity index (χ1v) is 10.4. The summed E-state index contributed by atoms with van der Waals surface area (Å²) < 4.78 is 0. The van der Waals surface area contributed by atoms with Crippen molar-refractivity contribution in [2.24, 2.45) is 5.92 Å². The van der Waals surface area contributed by atoms with E-state index in [0.717, 1.165) is 42.9 Å². The lowest BCUT2D eigenvalue weighted by Gasteiger charge is -2.15. The van der Waals surface area contributed by atoms with E-state index in [1.165, 1.54) is 5.56 Å². The Morgan fingerprint density at radius 3 is 2.48 bits per heavy atom. The minimum absolute atomic E-state index is 0.0281. The molecule has 3 rings (SSSR count). The van der Waals surface area contributed by atoms with Crippen LogP contribution in [-0.2, 0) is 33.8 Å². The molecule has 1 aliphatic heterocycles. The highest BCUT2D eigenvalue weighted by atomic mass is 16.3. The Bertz CT molecular complexity index is 853. The summed E-state index contributed by atoms with van der Waals surface area (Å²) in [6.45, 7) is 5.67. The van der Waals surface area contributed by atoms with Gasteiger partial charge >= 0.3 is 0 Å². The van der Waals surface area contributed by atoms with Gasteiger partial charge in [-0.25, -0.2) is 0 Å². The van der Waals surface area contributed by atoms with Crippen molar-refractivity contribution < 1.29 is 19.5 Å². The predicted molar refractivity (Wildman–Crippen MR) is 116 cm³/mol. The van der Waals surface area contributed by atoms with Gasteiger partial charge in [0.25, 0.3) is 6.47 Å². The molecule has 1 atom stereocenters. The highest BCUT2D eigenvalue weighted by Gasteiger charge is 2.25. The van der Waals surface area contributed by atoms with Crippen LogP contribution in [0, 0.1) is 12.8 Å². The van der Waals surface area contributed by atoms with E-state index in [1.54, 1.807) is 12.4 Å². The second kappa shape index (κ2) is 12.4. The zero-order chi connectivity index (χ0) is 22.6. The van der Waals surface area contributed by atoms with Crippen molar-refractivity contribution in [1.29, 1.82) is 0 Å². The van der Waals surface area contributed by atoms with Crippen LogP contribution in [0.25, 0.3) is 0 Å². The number of aryl methyl sites for hydroxylation is 1. The molecule has 1 aromatic heterocycles. The van der Waals surface area contributed by atoms with E-state index in [1.807, 2.05) is 30.9 Å². The molecule has 1 saturated heterocycles. The fourth-order valence-corrected chi connectivity index (χ4v) is 3.52. The van der Waals surface area contributed by atoms with Gasteiger partial charge in [0.1, 0.15) is 0 Å². The molecule has 1 aromatic carbocycles. The number of aromatic nitrogens is 2. The highest BCUT2D eigenvalue weighted by molar-refractivity contribution is 5.78. The second-order valence-electron chi connectivity index (χ2n) is 7.58. The van der Waals surface area contributed by atoms with Crippen LogP contribution in [0.1, 0.15) is 42.3 Å². The molecule has 0 radical (unpaired) electrons. The zero-order valence-electron chi connectivity index (χ0n) is 18.1. The van der Waals surface area contributed by atoms with Gasteiger partial charge in [0.2, 0.25) is 11.8 Å². The van der Waals surface area contributed by atoms with Crippen LogP contribution < -0.4 is 5.32 Å². The molecule has 1 fully saturated rings. The predicted octanol–water partition coefficient (Wildman–Crippen LogP) is 2.15. The first-order chi connectivity index (χ1) is 14.9. The second-order valence-corrected chi connectivity index (χ2v) is 7.58. The third kappa shape index (κ3) is 8.16. The molecule has 0 saturated carbocycles. The van der Waals surface area contributed by atoms with Gasteiger partial charge in [0, 0.05) is 25.7 Å². The van der Waals surface area contributed by atoms with Crippen molar-refractivity contribution in [2.75, 3.05) is 13.1 Å². The molecule has 2 N–H and O–H groups in total. The first-order valence-electron chi connectivity index (χ1n) is 10.4. The van der Waals surface area contributed by atoms with Crippen LogP contribution in [-0.4, -0.2) is 51.4 Å². The number of carbonyl (C=O) groups is 3. The van der Waals surface area contributed by atoms with Crippen molar-refractivity contribution >= 4 is 18.3 Å². The maximum Gasteiger partial charge on any atom is 0.290 e. The maximum absolute atomic E-state index is 12.1. The van der Waals surface area contributed by atoms with E-state index in [0.29, 0.717) is 25.3 Å². The van der Waals surface area contributed by atoms with Crippen molar-refractivity contribution in [3.8, 4) is 0 Å². The number of carboxylic acid groups (broad SMARTS) is 1. The molecule has 1 aliphatic rings. The minimum atomic E-state index is -0.250. The van der Waals surface area contributed by atoms with E-state index < -0.39 is 0 Å². The average molecular weight is 427 g/mol. The van der Waals surface area contributed by atoms with Gasteiger partial charge in [-0.05, 0) is 36.8 Å². The number of hydrogen-bond acceptors (Lipinski definition) is 5. The van der Waals surface area contributed by atoms with Gasteiger partial charge in [-0.1, -0.05) is 31.2 Å². The molecule has 0 aliphatic carbocycles. The number of amides is 2. The monoisotopic (exact) mass is 426 g/mol. The van der Waals surface area contributed by atoms with Crippen LogP contribution in [0.3, 0.4) is 0 Å². The van der Waals surface area contributed by atoms with Crippen LogP contribution in [0.2, 0.25) is 0 Å². The molecule has 0 bridgehead atoms. The molecular formula is C23H30N4O4. The first kappa shape index (κ1) is 24.0. The Kier molecular flexibility index (Phi) is 9.61. The van der Waals surface area contributed by atoms with Crippen LogP contribution in [0.15, 0.2) is 36.7 Å². The highest BCUT2D eigenvalue weighted by Crippen LogP contribution is 2.21. The van der Waals surface area contributed by atoms with E-state index in [9.17, 15) is 9.59 Å². The molecule has 166 valence electrons. The van der Waals surface area contributed by atoms with Crippen molar-refractivity contribution in [3.63, 3.8) is 0 Å². The maximum atomic E-state index is 12.1.